The van der Waals surface area contributed by atoms with E-state index in [0.717, 1.165) is 5.56 Å². The van der Waals surface area contributed by atoms with Crippen LogP contribution in [0, 0.1) is 0 Å². The topological polar surface area (TPSA) is 58.9 Å². The number of hydrogen-bond acceptors (Lipinski definition) is 4. The number of phenols is 1. The first kappa shape index (κ1) is 10.6. The number of rotatable bonds is 3. The van der Waals surface area contributed by atoms with Crippen molar-refractivity contribution in [3.8, 4) is 5.75 Å². The predicted octanol–water partition coefficient (Wildman–Crippen LogP) is 1.44. The first-order chi connectivity index (χ1) is 7.75. The monoisotopic (exact) mass is 217 g/mol. The second-order valence-corrected chi connectivity index (χ2v) is 3.41. The Labute approximate surface area is 92.9 Å². The van der Waals surface area contributed by atoms with E-state index in [-0.39, 0.29) is 11.5 Å². The van der Waals surface area contributed by atoms with E-state index in [1.807, 2.05) is 0 Å². The van der Waals surface area contributed by atoms with Gasteiger partial charge in [0.05, 0.1) is 6.61 Å². The molecule has 1 unspecified atom stereocenters. The van der Waals surface area contributed by atoms with Crippen LogP contribution in [0.2, 0.25) is 0 Å². The minimum absolute atomic E-state index is 0.103. The maximum Gasteiger partial charge on any atom is 0.191 e. The number of carbonyl (C=O) groups excluding carboxylic acids is 1. The maximum atomic E-state index is 11.3. The minimum atomic E-state index is -0.598. The Bertz CT molecular complexity index is 434. The summed E-state index contributed by atoms with van der Waals surface area (Å²) in [4.78, 5) is 15.2. The summed E-state index contributed by atoms with van der Waals surface area (Å²) >= 11 is 0. The number of aromatic hydroxyl groups is 1. The average Bonchev–Trinajstić information content (AvgIpc) is 2.30. The summed E-state index contributed by atoms with van der Waals surface area (Å²) in [5, 5.41) is 9.09. The molecule has 1 N–H and O–H groups in total. The summed E-state index contributed by atoms with van der Waals surface area (Å²) in [7, 11) is 0. The van der Waals surface area contributed by atoms with Gasteiger partial charge in [-0.2, -0.15) is 0 Å². The Morgan fingerprint density at radius 1 is 1.31 bits per heavy atom. The highest BCUT2D eigenvalue weighted by Gasteiger charge is 2.16. The lowest BCUT2D eigenvalue weighted by atomic mass is 10.2. The van der Waals surface area contributed by atoms with Crippen molar-refractivity contribution in [2.24, 2.45) is 4.99 Å². The van der Waals surface area contributed by atoms with Gasteiger partial charge in [-0.3, -0.25) is 9.79 Å². The van der Waals surface area contributed by atoms with Crippen LogP contribution in [0.15, 0.2) is 41.5 Å². The smallest absolute Gasteiger partial charge is 0.191 e. The Morgan fingerprint density at radius 2 is 2.06 bits per heavy atom. The Hall–Kier alpha value is -1.94. The maximum absolute atomic E-state index is 11.3. The predicted molar refractivity (Wildman–Crippen MR) is 59.3 cm³/mol. The number of carbonyl (C=O) groups is 1. The number of hydrogen-bond donors (Lipinski definition) is 1. The van der Waals surface area contributed by atoms with Crippen LogP contribution >= 0.6 is 0 Å². The molecule has 0 saturated heterocycles. The fourth-order valence-corrected chi connectivity index (χ4v) is 1.32. The van der Waals surface area contributed by atoms with Crippen molar-refractivity contribution in [3.63, 3.8) is 0 Å². The van der Waals surface area contributed by atoms with E-state index in [9.17, 15) is 4.79 Å². The largest absolute Gasteiger partial charge is 0.508 e. The summed E-state index contributed by atoms with van der Waals surface area (Å²) in [5.41, 5.74) is 0.897. The summed E-state index contributed by atoms with van der Waals surface area (Å²) in [5.74, 6) is 0.107. The Kier molecular flexibility index (Phi) is 3.12. The zero-order valence-corrected chi connectivity index (χ0v) is 8.54. The van der Waals surface area contributed by atoms with Crippen LogP contribution in [0.5, 0.6) is 5.75 Å². The van der Waals surface area contributed by atoms with Gasteiger partial charge >= 0.3 is 0 Å². The molecule has 0 bridgehead atoms. The molecule has 0 aromatic heterocycles. The fraction of sp³-hybridized carbons (Fsp3) is 0.167. The molecule has 1 aromatic carbocycles. The SMILES string of the molecule is O=C1C=CN=CC1OCc1ccc(O)cc1. The molecule has 4 nitrogen and oxygen atoms in total. The molecular formula is C12H11NO3. The van der Waals surface area contributed by atoms with Gasteiger partial charge in [-0.1, -0.05) is 12.1 Å². The summed E-state index contributed by atoms with van der Waals surface area (Å²) in [6, 6.07) is 6.65. The van der Waals surface area contributed by atoms with Crippen LogP contribution in [-0.2, 0) is 16.1 Å². The van der Waals surface area contributed by atoms with Gasteiger partial charge in [-0.25, -0.2) is 0 Å². The molecule has 4 heteroatoms. The third-order valence-corrected chi connectivity index (χ3v) is 2.19. The summed E-state index contributed by atoms with van der Waals surface area (Å²) in [6.07, 6.45) is 3.71. The number of aliphatic imine (C=N–C) groups is 1. The number of ketones is 1. The van der Waals surface area contributed by atoms with Crippen molar-refractivity contribution < 1.29 is 14.6 Å². The third kappa shape index (κ3) is 2.55. The van der Waals surface area contributed by atoms with Crippen LogP contribution in [0.4, 0.5) is 0 Å². The van der Waals surface area contributed by atoms with Crippen molar-refractivity contribution in [2.45, 2.75) is 12.7 Å². The van der Waals surface area contributed by atoms with Gasteiger partial charge in [0.2, 0.25) is 0 Å². The second-order valence-electron chi connectivity index (χ2n) is 3.41. The van der Waals surface area contributed by atoms with Crippen molar-refractivity contribution in [1.82, 2.24) is 0 Å². The molecule has 1 atom stereocenters. The molecular weight excluding hydrogens is 206 g/mol. The van der Waals surface area contributed by atoms with Gasteiger partial charge in [-0.15, -0.1) is 0 Å². The van der Waals surface area contributed by atoms with Crippen LogP contribution in [0.3, 0.4) is 0 Å². The van der Waals surface area contributed by atoms with Crippen molar-refractivity contribution >= 4 is 12.0 Å². The van der Waals surface area contributed by atoms with Gasteiger partial charge in [-0.05, 0) is 17.7 Å². The molecule has 2 rings (SSSR count). The lowest BCUT2D eigenvalue weighted by Crippen LogP contribution is -2.25. The van der Waals surface area contributed by atoms with Gasteiger partial charge in [0.15, 0.2) is 11.9 Å². The highest BCUT2D eigenvalue weighted by Crippen LogP contribution is 2.11. The van der Waals surface area contributed by atoms with Crippen LogP contribution < -0.4 is 0 Å². The first-order valence-corrected chi connectivity index (χ1v) is 4.89. The van der Waals surface area contributed by atoms with E-state index in [1.165, 1.54) is 18.5 Å². The van der Waals surface area contributed by atoms with E-state index in [0.29, 0.717) is 6.61 Å². The molecule has 0 fully saturated rings. The van der Waals surface area contributed by atoms with Crippen LogP contribution in [-0.4, -0.2) is 23.2 Å². The van der Waals surface area contributed by atoms with E-state index < -0.39 is 6.10 Å². The molecule has 0 aliphatic carbocycles. The standard InChI is InChI=1S/C12H11NO3/c14-10-3-1-9(2-4-10)8-16-12-7-13-6-5-11(12)15/h1-7,12,14H,8H2. The number of benzene rings is 1. The van der Waals surface area contributed by atoms with E-state index in [1.54, 1.807) is 24.3 Å². The van der Waals surface area contributed by atoms with Crippen molar-refractivity contribution in [2.75, 3.05) is 0 Å². The molecule has 0 spiro atoms. The number of nitrogens with zero attached hydrogens (tertiary/aromatic N) is 1. The molecule has 0 saturated carbocycles. The number of ether oxygens (including phenoxy) is 1. The highest BCUT2D eigenvalue weighted by atomic mass is 16.5. The third-order valence-electron chi connectivity index (χ3n) is 2.19. The van der Waals surface area contributed by atoms with Gasteiger partial charge in [0.1, 0.15) is 5.75 Å². The first-order valence-electron chi connectivity index (χ1n) is 4.89. The molecule has 0 amide bonds. The number of phenolic OH excluding ortho intramolecular Hbond substituents is 1. The molecule has 16 heavy (non-hydrogen) atoms. The molecule has 1 aliphatic heterocycles. The molecule has 82 valence electrons. The van der Waals surface area contributed by atoms with Crippen molar-refractivity contribution in [1.29, 1.82) is 0 Å². The molecule has 0 radical (unpaired) electrons. The molecule has 1 aliphatic rings. The molecule has 1 heterocycles. The van der Waals surface area contributed by atoms with Gasteiger partial charge in [0, 0.05) is 18.5 Å². The summed E-state index contributed by atoms with van der Waals surface area (Å²) in [6.45, 7) is 0.316. The zero-order valence-electron chi connectivity index (χ0n) is 8.54. The lowest BCUT2D eigenvalue weighted by Gasteiger charge is -2.12. The van der Waals surface area contributed by atoms with Crippen LogP contribution in [0.1, 0.15) is 5.56 Å². The normalized spacial score (nSPS) is 19.0. The minimum Gasteiger partial charge on any atom is -0.508 e. The van der Waals surface area contributed by atoms with Crippen LogP contribution in [0.25, 0.3) is 0 Å². The van der Waals surface area contributed by atoms with Crippen molar-refractivity contribution in [3.05, 3.63) is 42.1 Å². The summed E-state index contributed by atoms with van der Waals surface area (Å²) < 4.78 is 5.39. The molecule has 1 aromatic rings. The quantitative estimate of drug-likeness (QED) is 0.833. The van der Waals surface area contributed by atoms with Gasteiger partial charge in [0.25, 0.3) is 0 Å². The Balaban J connectivity index is 1.92. The lowest BCUT2D eigenvalue weighted by molar-refractivity contribution is -0.122. The zero-order chi connectivity index (χ0) is 11.4. The Morgan fingerprint density at radius 3 is 2.75 bits per heavy atom. The van der Waals surface area contributed by atoms with Gasteiger partial charge < -0.3 is 9.84 Å². The second kappa shape index (κ2) is 4.72. The fourth-order valence-electron chi connectivity index (χ4n) is 1.32. The highest BCUT2D eigenvalue weighted by molar-refractivity contribution is 6.06. The van der Waals surface area contributed by atoms with E-state index >= 15 is 0 Å². The average molecular weight is 217 g/mol. The van der Waals surface area contributed by atoms with E-state index in [4.69, 9.17) is 9.84 Å². The van der Waals surface area contributed by atoms with E-state index in [2.05, 4.69) is 4.99 Å².